The summed E-state index contributed by atoms with van der Waals surface area (Å²) >= 11 is 0. The molecule has 0 bridgehead atoms. The molecule has 0 aliphatic rings. The molecule has 2 heterocycles. The molecule has 0 aliphatic heterocycles. The van der Waals surface area contributed by atoms with Gasteiger partial charge < -0.3 is 9.13 Å². The molecule has 0 unspecified atom stereocenters. The number of hydrogen-bond donors (Lipinski definition) is 0. The second-order valence-corrected chi connectivity index (χ2v) is 15.3. The molecule has 8 aromatic rings. The normalized spacial score (nSPS) is 12.2. The van der Waals surface area contributed by atoms with Gasteiger partial charge in [-0.2, -0.15) is 0 Å². The highest BCUT2D eigenvalue weighted by atomic mass is 15.0. The maximum Gasteiger partial charge on any atom is 0.202 e. The molecule has 0 aliphatic carbocycles. The van der Waals surface area contributed by atoms with Gasteiger partial charge >= 0.3 is 0 Å². The van der Waals surface area contributed by atoms with Crippen LogP contribution in [0.25, 0.3) is 75.8 Å². The Kier molecular flexibility index (Phi) is 7.00. The van der Waals surface area contributed by atoms with E-state index in [2.05, 4.69) is 157 Å². The lowest BCUT2D eigenvalue weighted by Gasteiger charge is -2.20. The van der Waals surface area contributed by atoms with Crippen LogP contribution < -0.4 is 0 Å². The first-order valence-electron chi connectivity index (χ1n) is 17.1. The van der Waals surface area contributed by atoms with Gasteiger partial charge in [0.1, 0.15) is 0 Å². The third-order valence-electron chi connectivity index (χ3n) is 10.1. The van der Waals surface area contributed by atoms with Gasteiger partial charge in [0.2, 0.25) is 5.69 Å². The Morgan fingerprint density at radius 2 is 1.04 bits per heavy atom. The first-order chi connectivity index (χ1) is 24.0. The minimum absolute atomic E-state index is 0.0182. The van der Waals surface area contributed by atoms with Gasteiger partial charge in [0.25, 0.3) is 0 Å². The molecule has 2 aromatic heterocycles. The van der Waals surface area contributed by atoms with Gasteiger partial charge in [-0.3, -0.25) is 4.85 Å². The predicted molar refractivity (Wildman–Crippen MR) is 210 cm³/mol. The molecular formula is C46H38N4. The van der Waals surface area contributed by atoms with Crippen molar-refractivity contribution in [3.05, 3.63) is 155 Å². The van der Waals surface area contributed by atoms with Crippen molar-refractivity contribution in [2.45, 2.75) is 52.4 Å². The molecule has 0 N–H and O–H groups in total. The second kappa shape index (κ2) is 11.2. The standard InChI is InChI=1S/C46H38N4/c1-45(2,3)29-21-23-40-34(25-29)35-26-30(46(4,5)6)22-24-41(35)50(40)43-28-42-36(27-37(43)33-18-14-19-38(47-7)44(33)48-8)32-17-12-13-20-39(32)49(42)31-15-10-9-11-16-31/h9-28H,1-6H3. The van der Waals surface area contributed by atoms with Crippen LogP contribution in [0, 0.1) is 13.1 Å². The number of fused-ring (bicyclic) bond motifs is 6. The molecular weight excluding hydrogens is 609 g/mol. The average molecular weight is 647 g/mol. The molecule has 0 atom stereocenters. The first-order valence-corrected chi connectivity index (χ1v) is 17.1. The van der Waals surface area contributed by atoms with Crippen molar-refractivity contribution in [3.63, 3.8) is 0 Å². The molecule has 0 radical (unpaired) electrons. The zero-order chi connectivity index (χ0) is 34.9. The van der Waals surface area contributed by atoms with E-state index in [1.54, 1.807) is 6.07 Å². The van der Waals surface area contributed by atoms with Crippen LogP contribution in [0.1, 0.15) is 52.7 Å². The lowest BCUT2D eigenvalue weighted by atomic mass is 9.85. The summed E-state index contributed by atoms with van der Waals surface area (Å²) in [6, 6.07) is 43.0. The predicted octanol–water partition coefficient (Wildman–Crippen LogP) is 13.2. The summed E-state index contributed by atoms with van der Waals surface area (Å²) in [7, 11) is 0. The Morgan fingerprint density at radius 1 is 0.460 bits per heavy atom. The fourth-order valence-corrected chi connectivity index (χ4v) is 7.43. The first kappa shape index (κ1) is 31.2. The molecule has 4 nitrogen and oxygen atoms in total. The van der Waals surface area contributed by atoms with Gasteiger partial charge in [-0.15, -0.1) is 0 Å². The van der Waals surface area contributed by atoms with E-state index in [4.69, 9.17) is 13.1 Å². The maximum absolute atomic E-state index is 8.23. The highest BCUT2D eigenvalue weighted by Gasteiger charge is 2.25. The summed E-state index contributed by atoms with van der Waals surface area (Å²) in [5, 5.41) is 4.64. The topological polar surface area (TPSA) is 18.6 Å². The van der Waals surface area contributed by atoms with Crippen molar-refractivity contribution in [2.75, 3.05) is 0 Å². The minimum Gasteiger partial charge on any atom is -0.309 e. The SMILES string of the molecule is [C-]#[N+]c1cccc(-c2cc3c4ccccc4n(-c4ccccc4)c3cc2-n2c3ccc(C(C)(C)C)cc3c3cc(C(C)(C)C)ccc32)c1[N+]#[C-]. The molecule has 0 saturated heterocycles. The van der Waals surface area contributed by atoms with Crippen LogP contribution in [0.3, 0.4) is 0 Å². The Bertz CT molecular complexity index is 2660. The molecule has 6 aromatic carbocycles. The summed E-state index contributed by atoms with van der Waals surface area (Å²) in [5.41, 5.74) is 11.4. The quantitative estimate of drug-likeness (QED) is 0.170. The van der Waals surface area contributed by atoms with Gasteiger partial charge in [0.05, 0.1) is 40.9 Å². The highest BCUT2D eigenvalue weighted by Crippen LogP contribution is 2.46. The fraction of sp³-hybridized carbons (Fsp3) is 0.174. The Balaban J connectivity index is 1.59. The third-order valence-corrected chi connectivity index (χ3v) is 10.1. The monoisotopic (exact) mass is 646 g/mol. The van der Waals surface area contributed by atoms with Crippen LogP contribution in [0.5, 0.6) is 0 Å². The van der Waals surface area contributed by atoms with E-state index in [0.29, 0.717) is 11.4 Å². The number of para-hydroxylation sites is 3. The van der Waals surface area contributed by atoms with E-state index in [-0.39, 0.29) is 10.8 Å². The van der Waals surface area contributed by atoms with E-state index in [1.807, 2.05) is 18.2 Å². The molecule has 242 valence electrons. The largest absolute Gasteiger partial charge is 0.309 e. The lowest BCUT2D eigenvalue weighted by molar-refractivity contribution is 0.590. The molecule has 0 fully saturated rings. The zero-order valence-electron chi connectivity index (χ0n) is 29.3. The lowest BCUT2D eigenvalue weighted by Crippen LogP contribution is -2.10. The molecule has 0 saturated carbocycles. The number of nitrogens with zero attached hydrogens (tertiary/aromatic N) is 4. The van der Waals surface area contributed by atoms with Crippen LogP contribution >= 0.6 is 0 Å². The summed E-state index contributed by atoms with van der Waals surface area (Å²) in [6.07, 6.45) is 0. The van der Waals surface area contributed by atoms with Crippen LogP contribution in [0.15, 0.2) is 121 Å². The second-order valence-electron chi connectivity index (χ2n) is 15.3. The number of benzene rings is 6. The molecule has 8 rings (SSSR count). The summed E-state index contributed by atoms with van der Waals surface area (Å²) in [6.45, 7) is 29.7. The Hall–Kier alpha value is -6.10. The number of rotatable bonds is 3. The van der Waals surface area contributed by atoms with Gasteiger partial charge in [0.15, 0.2) is 5.69 Å². The number of hydrogen-bond acceptors (Lipinski definition) is 0. The van der Waals surface area contributed by atoms with Crippen molar-refractivity contribution < 1.29 is 0 Å². The maximum atomic E-state index is 8.23. The van der Waals surface area contributed by atoms with Crippen LogP contribution in [-0.4, -0.2) is 9.13 Å². The van der Waals surface area contributed by atoms with Crippen molar-refractivity contribution in [2.24, 2.45) is 0 Å². The van der Waals surface area contributed by atoms with Crippen molar-refractivity contribution in [3.8, 4) is 22.5 Å². The van der Waals surface area contributed by atoms with E-state index < -0.39 is 0 Å². The zero-order valence-corrected chi connectivity index (χ0v) is 29.3. The van der Waals surface area contributed by atoms with Gasteiger partial charge in [0, 0.05) is 27.2 Å². The minimum atomic E-state index is -0.0182. The molecule has 4 heteroatoms. The van der Waals surface area contributed by atoms with Gasteiger partial charge in [-0.25, -0.2) is 4.85 Å². The van der Waals surface area contributed by atoms with Crippen molar-refractivity contribution in [1.29, 1.82) is 0 Å². The fourth-order valence-electron chi connectivity index (χ4n) is 7.43. The van der Waals surface area contributed by atoms with E-state index in [1.165, 1.54) is 21.9 Å². The van der Waals surface area contributed by atoms with E-state index >= 15 is 0 Å². The van der Waals surface area contributed by atoms with Gasteiger partial charge in [-0.05, 0) is 87.7 Å². The Labute approximate surface area is 293 Å². The average Bonchev–Trinajstić information content (AvgIpc) is 3.61. The third kappa shape index (κ3) is 4.80. The van der Waals surface area contributed by atoms with Crippen molar-refractivity contribution in [1.82, 2.24) is 9.13 Å². The smallest absolute Gasteiger partial charge is 0.202 e. The molecule has 50 heavy (non-hydrogen) atoms. The highest BCUT2D eigenvalue weighted by molar-refractivity contribution is 6.14. The molecule has 0 amide bonds. The van der Waals surface area contributed by atoms with Crippen LogP contribution in [0.2, 0.25) is 0 Å². The molecule has 0 spiro atoms. The van der Waals surface area contributed by atoms with Crippen LogP contribution in [0.4, 0.5) is 11.4 Å². The van der Waals surface area contributed by atoms with Crippen molar-refractivity contribution >= 4 is 55.0 Å². The van der Waals surface area contributed by atoms with E-state index in [0.717, 1.165) is 55.3 Å². The summed E-state index contributed by atoms with van der Waals surface area (Å²) < 4.78 is 4.72. The Morgan fingerprint density at radius 3 is 1.64 bits per heavy atom. The summed E-state index contributed by atoms with van der Waals surface area (Å²) in [5.74, 6) is 0. The van der Waals surface area contributed by atoms with Gasteiger partial charge in [-0.1, -0.05) is 108 Å². The summed E-state index contributed by atoms with van der Waals surface area (Å²) in [4.78, 5) is 7.73. The van der Waals surface area contributed by atoms with E-state index in [9.17, 15) is 0 Å². The van der Waals surface area contributed by atoms with Crippen LogP contribution in [-0.2, 0) is 10.8 Å². The number of aromatic nitrogens is 2.